The summed E-state index contributed by atoms with van der Waals surface area (Å²) in [4.78, 5) is 6.73. The first-order valence-corrected chi connectivity index (χ1v) is 6.84. The fourth-order valence-corrected chi connectivity index (χ4v) is 2.73. The van der Waals surface area contributed by atoms with Gasteiger partial charge in [-0.15, -0.1) is 5.10 Å². The van der Waals surface area contributed by atoms with Gasteiger partial charge in [-0.2, -0.15) is 4.98 Å². The van der Waals surface area contributed by atoms with Gasteiger partial charge in [0.15, 0.2) is 0 Å². The Balaban J connectivity index is 1.61. The minimum atomic E-state index is 0.249. The van der Waals surface area contributed by atoms with Gasteiger partial charge in [0, 0.05) is 32.2 Å². The fraction of sp³-hybridized carbons (Fsp3) is 0.833. The molecule has 6 nitrogen and oxygen atoms in total. The van der Waals surface area contributed by atoms with Crippen molar-refractivity contribution < 1.29 is 4.74 Å². The zero-order valence-electron chi connectivity index (χ0n) is 10.6. The summed E-state index contributed by atoms with van der Waals surface area (Å²) in [5.74, 6) is 1.72. The molecule has 0 aliphatic carbocycles. The van der Waals surface area contributed by atoms with Crippen LogP contribution in [0.4, 0.5) is 5.95 Å². The fourth-order valence-electron chi connectivity index (χ4n) is 2.73. The summed E-state index contributed by atoms with van der Waals surface area (Å²) in [6, 6.07) is 0.249. The van der Waals surface area contributed by atoms with Crippen molar-refractivity contribution in [2.75, 3.05) is 24.6 Å². The van der Waals surface area contributed by atoms with Gasteiger partial charge in [0.2, 0.25) is 5.95 Å². The zero-order valence-corrected chi connectivity index (χ0v) is 10.6. The monoisotopic (exact) mass is 251 g/mol. The van der Waals surface area contributed by atoms with Gasteiger partial charge >= 0.3 is 0 Å². The van der Waals surface area contributed by atoms with Crippen molar-refractivity contribution in [3.63, 3.8) is 0 Å². The van der Waals surface area contributed by atoms with E-state index in [1.165, 1.54) is 0 Å². The second kappa shape index (κ2) is 5.24. The van der Waals surface area contributed by atoms with E-state index in [0.29, 0.717) is 6.10 Å². The predicted octanol–water partition coefficient (Wildman–Crippen LogP) is 0.454. The summed E-state index contributed by atoms with van der Waals surface area (Å²) in [5, 5.41) is 7.32. The molecule has 1 aromatic rings. The molecular weight excluding hydrogens is 230 g/mol. The van der Waals surface area contributed by atoms with Crippen molar-refractivity contribution in [2.45, 2.75) is 44.2 Å². The lowest BCUT2D eigenvalue weighted by molar-refractivity contribution is 0.110. The number of aromatic nitrogens is 3. The Morgan fingerprint density at radius 2 is 2.33 bits per heavy atom. The summed E-state index contributed by atoms with van der Waals surface area (Å²) < 4.78 is 5.61. The molecule has 100 valence electrons. The highest BCUT2D eigenvalue weighted by Gasteiger charge is 2.22. The minimum absolute atomic E-state index is 0.249. The van der Waals surface area contributed by atoms with Gasteiger partial charge in [-0.3, -0.25) is 5.10 Å². The van der Waals surface area contributed by atoms with E-state index in [9.17, 15) is 0 Å². The smallest absolute Gasteiger partial charge is 0.244 e. The molecule has 3 N–H and O–H groups in total. The molecule has 0 saturated carbocycles. The summed E-state index contributed by atoms with van der Waals surface area (Å²) in [5.41, 5.74) is 5.97. The Bertz CT molecular complexity index is 388. The van der Waals surface area contributed by atoms with Crippen LogP contribution in [0.5, 0.6) is 0 Å². The summed E-state index contributed by atoms with van der Waals surface area (Å²) >= 11 is 0. The standard InChI is InChI=1S/C12H21N5O/c13-9-3-1-5-17(8-9)12-14-11(15-16-12)7-10-4-2-6-18-10/h9-10H,1-8,13H2,(H,14,15,16). The number of nitrogens with zero attached hydrogens (tertiary/aromatic N) is 3. The molecule has 0 amide bonds. The minimum Gasteiger partial charge on any atom is -0.378 e. The van der Waals surface area contributed by atoms with E-state index >= 15 is 0 Å². The number of anilines is 1. The molecule has 3 heterocycles. The van der Waals surface area contributed by atoms with Crippen molar-refractivity contribution >= 4 is 5.95 Å². The van der Waals surface area contributed by atoms with Crippen molar-refractivity contribution in [2.24, 2.45) is 5.73 Å². The van der Waals surface area contributed by atoms with Crippen molar-refractivity contribution in [3.8, 4) is 0 Å². The lowest BCUT2D eigenvalue weighted by atomic mass is 10.1. The number of H-pyrrole nitrogens is 1. The van der Waals surface area contributed by atoms with Gasteiger partial charge in [0.25, 0.3) is 0 Å². The van der Waals surface area contributed by atoms with Crippen LogP contribution in [-0.2, 0) is 11.2 Å². The SMILES string of the molecule is NC1CCCN(c2n[nH]c(CC3CCCO3)n2)C1. The largest absolute Gasteiger partial charge is 0.378 e. The number of aromatic amines is 1. The van der Waals surface area contributed by atoms with E-state index in [2.05, 4.69) is 20.1 Å². The molecule has 0 bridgehead atoms. The third kappa shape index (κ3) is 2.64. The maximum absolute atomic E-state index is 5.97. The molecule has 1 aromatic heterocycles. The molecule has 2 unspecified atom stereocenters. The van der Waals surface area contributed by atoms with Crippen LogP contribution in [0, 0.1) is 0 Å². The second-order valence-corrected chi connectivity index (χ2v) is 5.27. The number of hydrogen-bond acceptors (Lipinski definition) is 5. The van der Waals surface area contributed by atoms with E-state index in [-0.39, 0.29) is 6.04 Å². The number of nitrogens with one attached hydrogen (secondary N) is 1. The third-order valence-electron chi connectivity index (χ3n) is 3.71. The molecule has 0 spiro atoms. The quantitative estimate of drug-likeness (QED) is 0.815. The van der Waals surface area contributed by atoms with Crippen molar-refractivity contribution in [1.29, 1.82) is 0 Å². The number of piperidine rings is 1. The first-order valence-electron chi connectivity index (χ1n) is 6.84. The van der Waals surface area contributed by atoms with Gasteiger partial charge in [0.05, 0.1) is 6.10 Å². The summed E-state index contributed by atoms with van der Waals surface area (Å²) in [6.45, 7) is 2.74. The van der Waals surface area contributed by atoms with Crippen LogP contribution in [0.1, 0.15) is 31.5 Å². The number of ether oxygens (including phenoxy) is 1. The average Bonchev–Trinajstić information content (AvgIpc) is 3.01. The molecule has 18 heavy (non-hydrogen) atoms. The maximum atomic E-state index is 5.97. The van der Waals surface area contributed by atoms with Crippen LogP contribution in [-0.4, -0.2) is 47.0 Å². The average molecular weight is 251 g/mol. The van der Waals surface area contributed by atoms with Gasteiger partial charge in [-0.05, 0) is 25.7 Å². The highest BCUT2D eigenvalue weighted by molar-refractivity contribution is 5.30. The molecule has 3 rings (SSSR count). The van der Waals surface area contributed by atoms with Gasteiger partial charge in [-0.1, -0.05) is 0 Å². The highest BCUT2D eigenvalue weighted by atomic mass is 16.5. The number of rotatable bonds is 3. The van der Waals surface area contributed by atoms with Crippen LogP contribution in [0.15, 0.2) is 0 Å². The second-order valence-electron chi connectivity index (χ2n) is 5.27. The van der Waals surface area contributed by atoms with Crippen LogP contribution < -0.4 is 10.6 Å². The topological polar surface area (TPSA) is 80.1 Å². The Hall–Kier alpha value is -1.14. The lowest BCUT2D eigenvalue weighted by Crippen LogP contribution is -2.43. The zero-order chi connectivity index (χ0) is 12.4. The van der Waals surface area contributed by atoms with E-state index in [0.717, 1.165) is 63.6 Å². The maximum Gasteiger partial charge on any atom is 0.244 e. The molecule has 2 aliphatic rings. The molecule has 2 fully saturated rings. The first-order chi connectivity index (χ1) is 8.81. The molecule has 6 heteroatoms. The molecule has 0 radical (unpaired) electrons. The van der Waals surface area contributed by atoms with Crippen molar-refractivity contribution in [3.05, 3.63) is 5.82 Å². The van der Waals surface area contributed by atoms with E-state index in [4.69, 9.17) is 10.5 Å². The molecule has 2 aliphatic heterocycles. The first kappa shape index (κ1) is 11.9. The Kier molecular flexibility index (Phi) is 3.47. The van der Waals surface area contributed by atoms with Crippen LogP contribution >= 0.6 is 0 Å². The third-order valence-corrected chi connectivity index (χ3v) is 3.71. The summed E-state index contributed by atoms with van der Waals surface area (Å²) in [7, 11) is 0. The number of nitrogens with two attached hydrogens (primary N) is 1. The van der Waals surface area contributed by atoms with Gasteiger partial charge in [-0.25, -0.2) is 0 Å². The van der Waals surface area contributed by atoms with Crippen LogP contribution in [0.25, 0.3) is 0 Å². The molecule has 2 atom stereocenters. The summed E-state index contributed by atoms with van der Waals surface area (Å²) in [6.07, 6.45) is 5.67. The normalized spacial score (nSPS) is 28.8. The lowest BCUT2D eigenvalue weighted by Gasteiger charge is -2.29. The van der Waals surface area contributed by atoms with E-state index in [1.807, 2.05) is 0 Å². The molecular formula is C12H21N5O. The highest BCUT2D eigenvalue weighted by Crippen LogP contribution is 2.18. The van der Waals surface area contributed by atoms with Gasteiger partial charge in [0.1, 0.15) is 5.82 Å². The Morgan fingerprint density at radius 3 is 3.11 bits per heavy atom. The molecule has 0 aromatic carbocycles. The van der Waals surface area contributed by atoms with Crippen LogP contribution in [0.2, 0.25) is 0 Å². The molecule has 2 saturated heterocycles. The van der Waals surface area contributed by atoms with Gasteiger partial charge < -0.3 is 15.4 Å². The van der Waals surface area contributed by atoms with E-state index in [1.54, 1.807) is 0 Å². The predicted molar refractivity (Wildman–Crippen MR) is 68.5 cm³/mol. The van der Waals surface area contributed by atoms with Crippen LogP contribution in [0.3, 0.4) is 0 Å². The van der Waals surface area contributed by atoms with Crippen molar-refractivity contribution in [1.82, 2.24) is 15.2 Å². The van der Waals surface area contributed by atoms with E-state index < -0.39 is 0 Å². The Labute approximate surface area is 107 Å². The number of hydrogen-bond donors (Lipinski definition) is 2. The Morgan fingerprint density at radius 1 is 1.39 bits per heavy atom.